The molecule has 0 N–H and O–H groups in total. The van der Waals surface area contributed by atoms with Crippen molar-refractivity contribution in [1.82, 2.24) is 0 Å². The van der Waals surface area contributed by atoms with E-state index in [1.807, 2.05) is 12.1 Å². The molecular weight excluding hydrogens is 358 g/mol. The summed E-state index contributed by atoms with van der Waals surface area (Å²) in [7, 11) is 0.855. The van der Waals surface area contributed by atoms with Crippen molar-refractivity contribution >= 4 is 38.5 Å². The minimum absolute atomic E-state index is 0.00399. The van der Waals surface area contributed by atoms with E-state index in [9.17, 15) is 4.79 Å². The van der Waals surface area contributed by atoms with Crippen LogP contribution in [0.5, 0.6) is 0 Å². The predicted molar refractivity (Wildman–Crippen MR) is 113 cm³/mol. The summed E-state index contributed by atoms with van der Waals surface area (Å²) in [4.78, 5) is 16.0. The summed E-state index contributed by atoms with van der Waals surface area (Å²) in [6.07, 6.45) is 0.987. The van der Waals surface area contributed by atoms with E-state index in [4.69, 9.17) is 4.43 Å². The second kappa shape index (κ2) is 7.22. The maximum atomic E-state index is 11.6. The molecule has 1 atom stereocenters. The van der Waals surface area contributed by atoms with Crippen LogP contribution < -0.4 is 4.90 Å². The predicted octanol–water partition coefficient (Wildman–Crippen LogP) is 5.82. The van der Waals surface area contributed by atoms with Crippen LogP contribution in [0.25, 0.3) is 0 Å². The number of carbonyl (C=O) groups is 1. The molecule has 0 radical (unpaired) electrons. The van der Waals surface area contributed by atoms with Gasteiger partial charge in [-0.05, 0) is 36.2 Å². The van der Waals surface area contributed by atoms with E-state index in [0.717, 1.165) is 22.4 Å². The van der Waals surface area contributed by atoms with Crippen LogP contribution in [0.2, 0.25) is 13.1 Å². The van der Waals surface area contributed by atoms with E-state index in [-0.39, 0.29) is 11.5 Å². The highest BCUT2D eigenvalue weighted by molar-refractivity contribution is 8.00. The Morgan fingerprint density at radius 2 is 1.69 bits per heavy atom. The van der Waals surface area contributed by atoms with E-state index in [0.29, 0.717) is 0 Å². The largest absolute Gasteiger partial charge is 0.413 e. The van der Waals surface area contributed by atoms with Crippen molar-refractivity contribution in [2.75, 3.05) is 11.9 Å². The van der Waals surface area contributed by atoms with Crippen molar-refractivity contribution in [2.45, 2.75) is 49.8 Å². The van der Waals surface area contributed by atoms with Crippen molar-refractivity contribution in [2.24, 2.45) is 5.41 Å². The number of hydrogen-bond acceptors (Lipinski definition) is 4. The first-order chi connectivity index (χ1) is 12.2. The molecule has 1 unspecified atom stereocenters. The zero-order chi connectivity index (χ0) is 19.1. The van der Waals surface area contributed by atoms with Crippen LogP contribution in [-0.4, -0.2) is 22.4 Å². The summed E-state index contributed by atoms with van der Waals surface area (Å²) in [6, 6.07) is 12.3. The Bertz CT molecular complexity index is 829. The maximum absolute atomic E-state index is 11.6. The molecule has 2 aromatic carbocycles. The molecule has 0 spiro atoms. The van der Waals surface area contributed by atoms with Gasteiger partial charge in [0.05, 0.1) is 17.5 Å². The van der Waals surface area contributed by atoms with Crippen LogP contribution >= 0.6 is 11.8 Å². The lowest BCUT2D eigenvalue weighted by Gasteiger charge is -2.37. The molecule has 26 heavy (non-hydrogen) atoms. The number of nitrogens with zero attached hydrogens (tertiary/aromatic N) is 1. The molecule has 0 saturated heterocycles. The van der Waals surface area contributed by atoms with Gasteiger partial charge in [-0.1, -0.05) is 56.8 Å². The number of benzene rings is 2. The van der Waals surface area contributed by atoms with Gasteiger partial charge in [0.1, 0.15) is 0 Å². The molecule has 0 bridgehead atoms. The summed E-state index contributed by atoms with van der Waals surface area (Å²) in [6.45, 7) is 11.1. The lowest BCUT2D eigenvalue weighted by molar-refractivity contribution is 0.0843. The van der Waals surface area contributed by atoms with E-state index in [1.54, 1.807) is 11.8 Å². The Morgan fingerprint density at radius 1 is 1.08 bits per heavy atom. The van der Waals surface area contributed by atoms with Crippen LogP contribution in [0.3, 0.4) is 0 Å². The summed E-state index contributed by atoms with van der Waals surface area (Å²) < 4.78 is 6.48. The molecule has 0 aliphatic carbocycles. The average molecular weight is 386 g/mol. The van der Waals surface area contributed by atoms with Gasteiger partial charge < -0.3 is 9.33 Å². The first-order valence-electron chi connectivity index (χ1n) is 9.02. The van der Waals surface area contributed by atoms with Crippen molar-refractivity contribution in [1.29, 1.82) is 0 Å². The number of hydrogen-bond donors (Lipinski definition) is 0. The molecular formula is C21H27NO2SSi. The molecule has 0 amide bonds. The van der Waals surface area contributed by atoms with Gasteiger partial charge in [-0.2, -0.15) is 0 Å². The Morgan fingerprint density at radius 3 is 2.27 bits per heavy atom. The smallest absolute Gasteiger partial charge is 0.171 e. The quantitative estimate of drug-likeness (QED) is 0.490. The topological polar surface area (TPSA) is 29.5 Å². The molecule has 138 valence electrons. The first kappa shape index (κ1) is 19.2. The monoisotopic (exact) mass is 385 g/mol. The Balaban J connectivity index is 2.17. The van der Waals surface area contributed by atoms with Gasteiger partial charge in [0, 0.05) is 22.4 Å². The number of fused-ring (bicyclic) bond motifs is 2. The third kappa shape index (κ3) is 3.48. The Kier molecular flexibility index (Phi) is 5.33. The van der Waals surface area contributed by atoms with Crippen LogP contribution in [0.1, 0.15) is 42.8 Å². The van der Waals surface area contributed by atoms with Gasteiger partial charge >= 0.3 is 0 Å². The zero-order valence-electron chi connectivity index (χ0n) is 16.4. The first-order valence-corrected chi connectivity index (χ1v) is 12.6. The van der Waals surface area contributed by atoms with E-state index in [2.05, 4.69) is 70.1 Å². The summed E-state index contributed by atoms with van der Waals surface area (Å²) in [5, 5.41) is 0. The van der Waals surface area contributed by atoms with Gasteiger partial charge in [-0.25, -0.2) is 0 Å². The summed E-state index contributed by atoms with van der Waals surface area (Å²) in [5.41, 5.74) is 4.21. The lowest BCUT2D eigenvalue weighted by Crippen LogP contribution is -2.27. The molecule has 0 aromatic heterocycles. The second-order valence-corrected chi connectivity index (χ2v) is 11.5. The van der Waals surface area contributed by atoms with Crippen molar-refractivity contribution in [3.63, 3.8) is 0 Å². The highest BCUT2D eigenvalue weighted by Gasteiger charge is 2.33. The fourth-order valence-corrected chi connectivity index (χ4v) is 5.83. The summed E-state index contributed by atoms with van der Waals surface area (Å²) in [5.74, 6) is 0. The third-order valence-corrected chi connectivity index (χ3v) is 6.69. The molecule has 2 aromatic rings. The molecule has 1 heterocycles. The number of anilines is 2. The standard InChI is InChI=1S/C21H27NO2SSi/c1-21(2,3)20(24-26(5)6)15-10-8-12-17-19(15)25-18-14(13-23)9-7-11-16(18)22(17)4/h7-13,20,26H,1-6H3. The molecule has 3 rings (SSSR count). The van der Waals surface area contributed by atoms with Crippen LogP contribution in [0.4, 0.5) is 11.4 Å². The van der Waals surface area contributed by atoms with Gasteiger partial charge in [-0.3, -0.25) is 4.79 Å². The van der Waals surface area contributed by atoms with Gasteiger partial charge in [0.25, 0.3) is 0 Å². The molecule has 0 fully saturated rings. The van der Waals surface area contributed by atoms with Gasteiger partial charge in [0.15, 0.2) is 15.3 Å². The molecule has 1 aliphatic rings. The SMILES string of the molecule is CN1c2cccc(C=O)c2Sc2c(C(O[SiH](C)C)C(C)(C)C)cccc21. The fraction of sp³-hybridized carbons (Fsp3) is 0.381. The van der Waals surface area contributed by atoms with E-state index in [1.165, 1.54) is 16.1 Å². The Labute approximate surface area is 162 Å². The second-order valence-electron chi connectivity index (χ2n) is 8.10. The lowest BCUT2D eigenvalue weighted by atomic mass is 9.84. The minimum Gasteiger partial charge on any atom is -0.413 e. The van der Waals surface area contributed by atoms with Gasteiger partial charge in [0.2, 0.25) is 0 Å². The fourth-order valence-electron chi connectivity index (χ4n) is 3.38. The van der Waals surface area contributed by atoms with Crippen molar-refractivity contribution in [3.8, 4) is 0 Å². The molecule has 5 heteroatoms. The van der Waals surface area contributed by atoms with Crippen LogP contribution in [0.15, 0.2) is 46.2 Å². The zero-order valence-corrected chi connectivity index (χ0v) is 18.3. The average Bonchev–Trinajstić information content (AvgIpc) is 2.58. The maximum Gasteiger partial charge on any atom is 0.171 e. The number of carbonyl (C=O) groups excluding carboxylic acids is 1. The molecule has 1 aliphatic heterocycles. The number of rotatable bonds is 4. The van der Waals surface area contributed by atoms with Crippen LogP contribution in [-0.2, 0) is 4.43 Å². The Hall–Kier alpha value is -1.56. The highest BCUT2D eigenvalue weighted by atomic mass is 32.2. The molecule has 0 saturated carbocycles. The minimum atomic E-state index is -1.21. The van der Waals surface area contributed by atoms with Gasteiger partial charge in [-0.15, -0.1) is 0 Å². The van der Waals surface area contributed by atoms with Crippen molar-refractivity contribution in [3.05, 3.63) is 47.5 Å². The van der Waals surface area contributed by atoms with Crippen LogP contribution in [0, 0.1) is 5.41 Å². The summed E-state index contributed by atoms with van der Waals surface area (Å²) >= 11 is 1.70. The van der Waals surface area contributed by atoms with E-state index < -0.39 is 9.04 Å². The van der Waals surface area contributed by atoms with E-state index >= 15 is 0 Å². The van der Waals surface area contributed by atoms with Crippen molar-refractivity contribution < 1.29 is 9.22 Å². The number of aldehydes is 1. The molecule has 3 nitrogen and oxygen atoms in total. The third-order valence-electron chi connectivity index (χ3n) is 4.58. The highest BCUT2D eigenvalue weighted by Crippen LogP contribution is 2.53. The normalized spacial score (nSPS) is 14.8.